The van der Waals surface area contributed by atoms with E-state index in [2.05, 4.69) is 15.0 Å². The first-order valence-corrected chi connectivity index (χ1v) is 13.4. The maximum absolute atomic E-state index is 13.0. The van der Waals surface area contributed by atoms with Crippen LogP contribution in [0, 0.1) is 0 Å². The molecule has 0 spiro atoms. The predicted octanol–water partition coefficient (Wildman–Crippen LogP) is 4.79. The zero-order valence-corrected chi connectivity index (χ0v) is 22.6. The smallest absolute Gasteiger partial charge is 0.263 e. The number of rotatable bonds is 6. The van der Waals surface area contributed by atoms with Gasteiger partial charge in [-0.15, -0.1) is 0 Å². The van der Waals surface area contributed by atoms with Crippen LogP contribution < -0.4 is 21.2 Å². The zero-order valence-electron chi connectivity index (χ0n) is 19.5. The van der Waals surface area contributed by atoms with Gasteiger partial charge in [-0.25, -0.2) is 13.4 Å². The van der Waals surface area contributed by atoms with Gasteiger partial charge in [0.2, 0.25) is 5.43 Å². The van der Waals surface area contributed by atoms with Crippen LogP contribution in [0.3, 0.4) is 0 Å². The van der Waals surface area contributed by atoms with E-state index in [9.17, 15) is 18.0 Å². The van der Waals surface area contributed by atoms with Crippen LogP contribution in [0.4, 0.5) is 11.5 Å². The van der Waals surface area contributed by atoms with Crippen molar-refractivity contribution in [2.45, 2.75) is 18.4 Å². The summed E-state index contributed by atoms with van der Waals surface area (Å²) in [5, 5.41) is 2.86. The first-order valence-electron chi connectivity index (χ1n) is 10.8. The van der Waals surface area contributed by atoms with Gasteiger partial charge in [0, 0.05) is 19.2 Å². The number of carbonyl (C=O) groups excluding carboxylic acids is 1. The number of nitrogen functional groups attached to an aromatic ring is 1. The summed E-state index contributed by atoms with van der Waals surface area (Å²) < 4.78 is 29.7. The number of amides is 1. The standard InChI is InChI=1S/C24H20Cl3N5O4S/c1-3-32-22(28)19(24(34)29-2)21(33)14-9-10-17(30-23(14)32)13-8-7-12(11-16(13)26)31-37(35,36)18-6-4-5-15(25)20(18)27/h4-11,31H,3,28H2,1-2H3,(H,29,34). The van der Waals surface area contributed by atoms with Crippen LogP contribution in [0.25, 0.3) is 22.3 Å². The number of anilines is 2. The van der Waals surface area contributed by atoms with Crippen molar-refractivity contribution >= 4 is 73.3 Å². The van der Waals surface area contributed by atoms with Crippen LogP contribution in [0.15, 0.2) is 58.2 Å². The molecule has 0 unspecified atom stereocenters. The van der Waals surface area contributed by atoms with Crippen LogP contribution >= 0.6 is 34.8 Å². The van der Waals surface area contributed by atoms with Crippen molar-refractivity contribution < 1.29 is 13.2 Å². The molecule has 0 aliphatic rings. The molecule has 0 saturated heterocycles. The Bertz CT molecular complexity index is 1740. The fraction of sp³-hybridized carbons (Fsp3) is 0.125. The monoisotopic (exact) mass is 579 g/mol. The zero-order chi connectivity index (χ0) is 27.1. The maximum atomic E-state index is 13.0. The van der Waals surface area contributed by atoms with Gasteiger partial charge in [0.15, 0.2) is 0 Å². The maximum Gasteiger partial charge on any atom is 0.263 e. The van der Waals surface area contributed by atoms with Crippen LogP contribution in [0.2, 0.25) is 15.1 Å². The molecular weight excluding hydrogens is 561 g/mol. The molecule has 9 nitrogen and oxygen atoms in total. The van der Waals surface area contributed by atoms with Gasteiger partial charge in [-0.3, -0.25) is 14.3 Å². The summed E-state index contributed by atoms with van der Waals surface area (Å²) in [5.41, 5.74) is 6.84. The number of pyridine rings is 2. The summed E-state index contributed by atoms with van der Waals surface area (Å²) in [6, 6.07) is 12.0. The molecule has 0 fully saturated rings. The number of sulfonamides is 1. The molecule has 4 aromatic rings. The first kappa shape index (κ1) is 26.7. The Balaban J connectivity index is 1.76. The summed E-state index contributed by atoms with van der Waals surface area (Å²) in [4.78, 5) is 29.6. The van der Waals surface area contributed by atoms with E-state index in [1.807, 2.05) is 6.92 Å². The van der Waals surface area contributed by atoms with Gasteiger partial charge in [0.1, 0.15) is 21.9 Å². The number of aromatic nitrogens is 2. The second-order valence-corrected chi connectivity index (χ2v) is 10.7. The fourth-order valence-corrected chi connectivity index (χ4v) is 5.92. The Morgan fingerprint density at radius 1 is 1.08 bits per heavy atom. The van der Waals surface area contributed by atoms with Gasteiger partial charge in [0.05, 0.1) is 31.8 Å². The molecular formula is C24H20Cl3N5O4S. The van der Waals surface area contributed by atoms with E-state index in [1.54, 1.807) is 22.8 Å². The summed E-state index contributed by atoms with van der Waals surface area (Å²) >= 11 is 18.5. The Morgan fingerprint density at radius 3 is 2.46 bits per heavy atom. The summed E-state index contributed by atoms with van der Waals surface area (Å²) in [6.45, 7) is 2.16. The van der Waals surface area contributed by atoms with E-state index in [0.29, 0.717) is 17.8 Å². The second kappa shape index (κ2) is 10.2. The van der Waals surface area contributed by atoms with E-state index < -0.39 is 21.4 Å². The number of nitrogens with one attached hydrogen (secondary N) is 2. The molecule has 0 bridgehead atoms. The Kier molecular flexibility index (Phi) is 7.38. The Hall–Kier alpha value is -3.31. The number of halogens is 3. The topological polar surface area (TPSA) is 136 Å². The van der Waals surface area contributed by atoms with Crippen LogP contribution in [-0.2, 0) is 16.6 Å². The second-order valence-electron chi connectivity index (χ2n) is 7.83. The molecule has 0 radical (unpaired) electrons. The molecule has 0 aliphatic heterocycles. The first-order chi connectivity index (χ1) is 17.5. The van der Waals surface area contributed by atoms with Crippen LogP contribution in [-0.4, -0.2) is 30.9 Å². The number of hydrogen-bond acceptors (Lipinski definition) is 6. The number of fused-ring (bicyclic) bond motifs is 1. The van der Waals surface area contributed by atoms with Gasteiger partial charge >= 0.3 is 0 Å². The molecule has 2 aromatic heterocycles. The molecule has 1 amide bonds. The van der Waals surface area contributed by atoms with E-state index in [1.165, 1.54) is 37.4 Å². The van der Waals surface area contributed by atoms with Crippen molar-refractivity contribution in [1.82, 2.24) is 14.9 Å². The van der Waals surface area contributed by atoms with Gasteiger partial charge in [0.25, 0.3) is 15.9 Å². The molecule has 0 atom stereocenters. The van der Waals surface area contributed by atoms with Crippen molar-refractivity contribution in [3.63, 3.8) is 0 Å². The molecule has 13 heteroatoms. The quantitative estimate of drug-likeness (QED) is 0.300. The van der Waals surface area contributed by atoms with E-state index >= 15 is 0 Å². The van der Waals surface area contributed by atoms with Gasteiger partial charge in [-0.05, 0) is 49.4 Å². The predicted molar refractivity (Wildman–Crippen MR) is 147 cm³/mol. The van der Waals surface area contributed by atoms with Crippen molar-refractivity contribution in [2.24, 2.45) is 0 Å². The third-order valence-electron chi connectivity index (χ3n) is 5.62. The third-order valence-corrected chi connectivity index (χ3v) is 8.29. The molecule has 0 aliphatic carbocycles. The number of nitrogens with zero attached hydrogens (tertiary/aromatic N) is 2. The van der Waals surface area contributed by atoms with Gasteiger partial charge in [-0.2, -0.15) is 0 Å². The minimum Gasteiger partial charge on any atom is -0.384 e. The number of benzene rings is 2. The molecule has 0 saturated carbocycles. The summed E-state index contributed by atoms with van der Waals surface area (Å²) in [6.07, 6.45) is 0. The van der Waals surface area contributed by atoms with E-state index in [-0.39, 0.29) is 48.1 Å². The van der Waals surface area contributed by atoms with Crippen LogP contribution in [0.5, 0.6) is 0 Å². The SMILES string of the molecule is CCn1c(N)c(C(=O)NC)c(=O)c2ccc(-c3ccc(NS(=O)(=O)c4cccc(Cl)c4Cl)cc3Cl)nc21. The molecule has 192 valence electrons. The third kappa shape index (κ3) is 4.85. The highest BCUT2D eigenvalue weighted by atomic mass is 35.5. The number of nitrogens with two attached hydrogens (primary N) is 1. The van der Waals surface area contributed by atoms with Gasteiger partial charge in [-0.1, -0.05) is 40.9 Å². The Morgan fingerprint density at radius 2 is 1.81 bits per heavy atom. The lowest BCUT2D eigenvalue weighted by atomic mass is 10.1. The molecule has 4 N–H and O–H groups in total. The molecule has 2 aromatic carbocycles. The highest BCUT2D eigenvalue weighted by Gasteiger charge is 2.22. The lowest BCUT2D eigenvalue weighted by molar-refractivity contribution is 0.0962. The molecule has 37 heavy (non-hydrogen) atoms. The summed E-state index contributed by atoms with van der Waals surface area (Å²) in [5.74, 6) is -0.588. The lowest BCUT2D eigenvalue weighted by Crippen LogP contribution is -2.30. The minimum absolute atomic E-state index is 0.000437. The van der Waals surface area contributed by atoms with Crippen molar-refractivity contribution in [3.05, 3.63) is 79.4 Å². The average molecular weight is 581 g/mol. The number of aryl methyl sites for hydroxylation is 1. The number of hydrogen-bond donors (Lipinski definition) is 3. The van der Waals surface area contributed by atoms with E-state index in [0.717, 1.165) is 0 Å². The highest BCUT2D eigenvalue weighted by molar-refractivity contribution is 7.92. The number of carbonyl (C=O) groups is 1. The largest absolute Gasteiger partial charge is 0.384 e. The van der Waals surface area contributed by atoms with E-state index in [4.69, 9.17) is 40.5 Å². The molecule has 4 rings (SSSR count). The van der Waals surface area contributed by atoms with Crippen LogP contribution in [0.1, 0.15) is 17.3 Å². The van der Waals surface area contributed by atoms with Crippen molar-refractivity contribution in [1.29, 1.82) is 0 Å². The lowest BCUT2D eigenvalue weighted by Gasteiger charge is -2.16. The fourth-order valence-electron chi connectivity index (χ4n) is 3.83. The van der Waals surface area contributed by atoms with Crippen molar-refractivity contribution in [3.8, 4) is 11.3 Å². The summed E-state index contributed by atoms with van der Waals surface area (Å²) in [7, 11) is -2.63. The van der Waals surface area contributed by atoms with Gasteiger partial charge < -0.3 is 15.6 Å². The average Bonchev–Trinajstić information content (AvgIpc) is 2.85. The van der Waals surface area contributed by atoms with Crippen molar-refractivity contribution in [2.75, 3.05) is 17.5 Å². The normalized spacial score (nSPS) is 11.5. The Labute approximate surface area is 227 Å². The highest BCUT2D eigenvalue weighted by Crippen LogP contribution is 2.33. The molecule has 2 heterocycles. The minimum atomic E-state index is -4.05.